The van der Waals surface area contributed by atoms with Crippen molar-refractivity contribution in [3.63, 3.8) is 0 Å². The number of aromatic amines is 1. The molecule has 7 nitrogen and oxygen atoms in total. The van der Waals surface area contributed by atoms with Gasteiger partial charge in [0.25, 0.3) is 5.91 Å². The van der Waals surface area contributed by atoms with Crippen LogP contribution in [0.2, 0.25) is 0 Å². The van der Waals surface area contributed by atoms with E-state index in [-0.39, 0.29) is 17.7 Å². The molecule has 29 heavy (non-hydrogen) atoms. The quantitative estimate of drug-likeness (QED) is 0.425. The molecule has 1 saturated carbocycles. The average Bonchev–Trinajstić information content (AvgIpc) is 3.14. The Labute approximate surface area is 171 Å². The Bertz CT molecular complexity index is 914. The van der Waals surface area contributed by atoms with Crippen molar-refractivity contribution in [3.8, 4) is 11.3 Å². The molecule has 1 heterocycles. The lowest BCUT2D eigenvalue weighted by molar-refractivity contribution is -0.114. The number of allylic oxidation sites excluding steroid dienone is 1. The summed E-state index contributed by atoms with van der Waals surface area (Å²) in [6.07, 6.45) is 3.79. The van der Waals surface area contributed by atoms with Gasteiger partial charge in [-0.25, -0.2) is 0 Å². The number of nitrogens with two attached hydrogens (primary N) is 1. The summed E-state index contributed by atoms with van der Waals surface area (Å²) in [5, 5.41) is 13.4. The van der Waals surface area contributed by atoms with Crippen molar-refractivity contribution in [3.05, 3.63) is 53.0 Å². The van der Waals surface area contributed by atoms with Crippen molar-refractivity contribution in [2.75, 3.05) is 7.05 Å². The van der Waals surface area contributed by atoms with Gasteiger partial charge in [0.05, 0.1) is 5.69 Å². The van der Waals surface area contributed by atoms with Crippen molar-refractivity contribution in [1.29, 1.82) is 0 Å². The number of rotatable bonds is 7. The molecule has 1 aliphatic rings. The second-order valence-electron chi connectivity index (χ2n) is 7.63. The van der Waals surface area contributed by atoms with E-state index in [4.69, 9.17) is 5.73 Å². The summed E-state index contributed by atoms with van der Waals surface area (Å²) in [7, 11) is 1.66. The number of aryl methyl sites for hydroxylation is 1. The van der Waals surface area contributed by atoms with Crippen LogP contribution in [0.3, 0.4) is 0 Å². The van der Waals surface area contributed by atoms with Crippen LogP contribution in [0.25, 0.3) is 11.3 Å². The number of likely N-dealkylation sites (N-methyl/N-ethyl adjacent to an activating group) is 1. The number of Topliss-reactive ketones (excluding diaryl/α,β-unsaturated/α-hetero) is 1. The Morgan fingerprint density at radius 2 is 1.86 bits per heavy atom. The number of nitrogens with one attached hydrogen (secondary N) is 3. The number of amides is 1. The molecule has 7 heteroatoms. The van der Waals surface area contributed by atoms with Gasteiger partial charge in [-0.2, -0.15) is 5.10 Å². The lowest BCUT2D eigenvalue weighted by atomic mass is 9.79. The van der Waals surface area contributed by atoms with E-state index in [0.717, 1.165) is 42.6 Å². The van der Waals surface area contributed by atoms with Gasteiger partial charge in [0, 0.05) is 41.5 Å². The summed E-state index contributed by atoms with van der Waals surface area (Å²) >= 11 is 0. The van der Waals surface area contributed by atoms with Crippen LogP contribution in [-0.4, -0.2) is 35.0 Å². The Morgan fingerprint density at radius 3 is 2.45 bits per heavy atom. The summed E-state index contributed by atoms with van der Waals surface area (Å²) < 4.78 is 0. The zero-order valence-electron chi connectivity index (χ0n) is 17.2. The summed E-state index contributed by atoms with van der Waals surface area (Å²) in [4.78, 5) is 24.8. The summed E-state index contributed by atoms with van der Waals surface area (Å²) in [6, 6.07) is 9.58. The maximum Gasteiger partial charge on any atom is 0.266 e. The van der Waals surface area contributed by atoms with Gasteiger partial charge in [0.2, 0.25) is 0 Å². The van der Waals surface area contributed by atoms with Gasteiger partial charge in [-0.15, -0.1) is 0 Å². The fourth-order valence-corrected chi connectivity index (χ4v) is 4.05. The maximum absolute atomic E-state index is 13.2. The number of ketones is 1. The number of nitrogens with zero attached hydrogens (tertiary/aromatic N) is 1. The van der Waals surface area contributed by atoms with Crippen LogP contribution >= 0.6 is 0 Å². The third-order valence-electron chi connectivity index (χ3n) is 5.55. The molecule has 154 valence electrons. The summed E-state index contributed by atoms with van der Waals surface area (Å²) in [6.45, 7) is 3.77. The fraction of sp³-hybridized carbons (Fsp3) is 0.409. The minimum Gasteiger partial charge on any atom is -0.383 e. The minimum absolute atomic E-state index is 0.0207. The van der Waals surface area contributed by atoms with Crippen molar-refractivity contribution in [1.82, 2.24) is 20.8 Å². The van der Waals surface area contributed by atoms with Crippen LogP contribution in [0.1, 0.15) is 48.7 Å². The first-order chi connectivity index (χ1) is 13.9. The minimum atomic E-state index is -0.514. The number of carbonyl (C=O) groups is 2. The van der Waals surface area contributed by atoms with E-state index in [1.54, 1.807) is 7.05 Å². The molecular formula is C22H29N5O2. The molecule has 1 aromatic heterocycles. The molecule has 1 aliphatic carbocycles. The van der Waals surface area contributed by atoms with Crippen LogP contribution in [-0.2, 0) is 4.79 Å². The van der Waals surface area contributed by atoms with Gasteiger partial charge in [-0.05, 0) is 32.8 Å². The van der Waals surface area contributed by atoms with Gasteiger partial charge >= 0.3 is 0 Å². The molecule has 2 aromatic rings. The highest BCUT2D eigenvalue weighted by molar-refractivity contribution is 5.98. The van der Waals surface area contributed by atoms with Crippen molar-refractivity contribution in [2.24, 2.45) is 11.7 Å². The summed E-state index contributed by atoms with van der Waals surface area (Å²) in [5.41, 5.74) is 9.99. The van der Waals surface area contributed by atoms with Crippen LogP contribution in [0.4, 0.5) is 0 Å². The fourth-order valence-electron chi connectivity index (χ4n) is 4.05. The number of hydrogen-bond acceptors (Lipinski definition) is 5. The van der Waals surface area contributed by atoms with E-state index in [2.05, 4.69) is 20.8 Å². The van der Waals surface area contributed by atoms with E-state index in [0.29, 0.717) is 17.0 Å². The molecular weight excluding hydrogens is 366 g/mol. The predicted octanol–water partition coefficient (Wildman–Crippen LogP) is 2.65. The molecule has 0 aliphatic heterocycles. The Hall–Kier alpha value is -3.09. The molecule has 1 aromatic carbocycles. The van der Waals surface area contributed by atoms with Crippen molar-refractivity contribution < 1.29 is 9.59 Å². The van der Waals surface area contributed by atoms with Gasteiger partial charge in [0.15, 0.2) is 5.78 Å². The smallest absolute Gasteiger partial charge is 0.266 e. The number of carbonyl (C=O) groups excluding carboxylic acids is 2. The largest absolute Gasteiger partial charge is 0.383 e. The molecule has 0 saturated heterocycles. The third-order valence-corrected chi connectivity index (χ3v) is 5.55. The molecule has 1 amide bonds. The lowest BCUT2D eigenvalue weighted by Crippen LogP contribution is -2.43. The van der Waals surface area contributed by atoms with Crippen LogP contribution in [0.15, 0.2) is 41.7 Å². The van der Waals surface area contributed by atoms with Crippen LogP contribution in [0, 0.1) is 12.8 Å². The molecule has 1 unspecified atom stereocenters. The Balaban J connectivity index is 1.78. The van der Waals surface area contributed by atoms with Gasteiger partial charge in [-0.1, -0.05) is 37.1 Å². The number of H-pyrrole nitrogens is 1. The topological polar surface area (TPSA) is 113 Å². The van der Waals surface area contributed by atoms with Gasteiger partial charge < -0.3 is 16.4 Å². The predicted molar refractivity (Wildman–Crippen MR) is 113 cm³/mol. The number of hydrogen-bond donors (Lipinski definition) is 4. The first-order valence-electron chi connectivity index (χ1n) is 10.0. The van der Waals surface area contributed by atoms with E-state index in [1.165, 1.54) is 0 Å². The average molecular weight is 396 g/mol. The lowest BCUT2D eigenvalue weighted by Gasteiger charge is -2.32. The van der Waals surface area contributed by atoms with Gasteiger partial charge in [-0.3, -0.25) is 14.7 Å². The SMILES string of the molecule is CN/C(C(N)=O)=C(\C)NC1CCCC[C@H]1C(=O)c1ccc(-c2cc(C)[nH]n2)cc1. The van der Waals surface area contributed by atoms with Crippen LogP contribution < -0.4 is 16.4 Å². The van der Waals surface area contributed by atoms with Crippen LogP contribution in [0.5, 0.6) is 0 Å². The molecule has 3 rings (SSSR count). The van der Waals surface area contributed by atoms with Crippen molar-refractivity contribution in [2.45, 2.75) is 45.6 Å². The zero-order valence-corrected chi connectivity index (χ0v) is 17.2. The Morgan fingerprint density at radius 1 is 1.17 bits per heavy atom. The number of benzene rings is 1. The molecule has 5 N–H and O–H groups in total. The molecule has 0 radical (unpaired) electrons. The molecule has 0 spiro atoms. The summed E-state index contributed by atoms with van der Waals surface area (Å²) in [5.74, 6) is -0.520. The molecule has 1 fully saturated rings. The molecule has 0 bridgehead atoms. The van der Waals surface area contributed by atoms with E-state index in [9.17, 15) is 9.59 Å². The number of aromatic nitrogens is 2. The first kappa shape index (κ1) is 20.6. The zero-order chi connectivity index (χ0) is 21.0. The normalized spacial score (nSPS) is 20.0. The highest BCUT2D eigenvalue weighted by Crippen LogP contribution is 2.29. The standard InChI is InChI=1S/C22H29N5O2/c1-13-12-19(27-26-13)15-8-10-16(11-9-15)21(28)17-6-4-5-7-18(17)25-14(2)20(24-3)22(23)29/h8-12,17-18,24-25H,4-7H2,1-3H3,(H2,23,29)(H,26,27)/b20-14+/t17-,18?/m1/s1. The van der Waals surface area contributed by atoms with Crippen molar-refractivity contribution >= 4 is 11.7 Å². The third kappa shape index (κ3) is 4.67. The molecule has 2 atom stereocenters. The maximum atomic E-state index is 13.2. The first-order valence-corrected chi connectivity index (χ1v) is 10.0. The van der Waals surface area contributed by atoms with E-state index in [1.807, 2.05) is 44.2 Å². The van der Waals surface area contributed by atoms with Gasteiger partial charge in [0.1, 0.15) is 5.70 Å². The highest BCUT2D eigenvalue weighted by Gasteiger charge is 2.32. The highest BCUT2D eigenvalue weighted by atomic mass is 16.1. The monoisotopic (exact) mass is 395 g/mol. The van der Waals surface area contributed by atoms with E-state index >= 15 is 0 Å². The second kappa shape index (κ2) is 8.94. The van der Waals surface area contributed by atoms with E-state index < -0.39 is 5.91 Å². The number of primary amides is 1. The Kier molecular flexibility index (Phi) is 6.36. The second-order valence-corrected chi connectivity index (χ2v) is 7.63.